The van der Waals surface area contributed by atoms with Crippen molar-refractivity contribution in [3.8, 4) is 0 Å². The molecule has 0 fully saturated rings. The van der Waals surface area contributed by atoms with Gasteiger partial charge in [-0.15, -0.1) is 0 Å². The second-order valence-electron chi connectivity index (χ2n) is 2.55. The first kappa shape index (κ1) is 7.31. The van der Waals surface area contributed by atoms with Gasteiger partial charge in [0.15, 0.2) is 0 Å². The molecule has 1 N–H and O–H groups in total. The third-order valence-corrected chi connectivity index (χ3v) is 1.82. The van der Waals surface area contributed by atoms with Crippen molar-refractivity contribution in [1.82, 2.24) is 4.98 Å². The third kappa shape index (κ3) is 1.08. The molecule has 0 saturated carbocycles. The summed E-state index contributed by atoms with van der Waals surface area (Å²) in [6.07, 6.45) is 1.68. The summed E-state index contributed by atoms with van der Waals surface area (Å²) in [5.74, 6) is 0. The Kier molecular flexibility index (Phi) is 1.80. The van der Waals surface area contributed by atoms with E-state index in [9.17, 15) is 0 Å². The van der Waals surface area contributed by atoms with Crippen LogP contribution in [0.4, 0.5) is 0 Å². The summed E-state index contributed by atoms with van der Waals surface area (Å²) >= 11 is 0. The molecule has 2 nitrogen and oxygen atoms in total. The van der Waals surface area contributed by atoms with Gasteiger partial charge < -0.3 is 5.02 Å². The van der Waals surface area contributed by atoms with Gasteiger partial charge in [0.1, 0.15) is 0 Å². The molecule has 0 aliphatic heterocycles. The summed E-state index contributed by atoms with van der Waals surface area (Å²) < 4.78 is 0. The van der Waals surface area contributed by atoms with Gasteiger partial charge in [-0.1, -0.05) is 18.2 Å². The van der Waals surface area contributed by atoms with Gasteiger partial charge in [0.25, 0.3) is 0 Å². The summed E-state index contributed by atoms with van der Waals surface area (Å²) in [4.78, 5) is 4.16. The number of benzene rings is 1. The van der Waals surface area contributed by atoms with E-state index in [2.05, 4.69) is 4.98 Å². The molecular weight excluding hydrogens is 149 g/mol. The Bertz CT molecular complexity index is 397. The van der Waals surface area contributed by atoms with E-state index in [1.165, 1.54) is 0 Å². The van der Waals surface area contributed by atoms with Crippen LogP contribution >= 0.6 is 0 Å². The van der Waals surface area contributed by atoms with Crippen LogP contribution in [0.25, 0.3) is 10.9 Å². The SMILES string of the molecule is O[B]c1ccnc2ccccc12. The van der Waals surface area contributed by atoms with Gasteiger partial charge in [-0.3, -0.25) is 4.98 Å². The second kappa shape index (κ2) is 2.95. The van der Waals surface area contributed by atoms with Crippen molar-refractivity contribution < 1.29 is 5.02 Å². The predicted octanol–water partition coefficient (Wildman–Crippen LogP) is 0.472. The molecule has 0 unspecified atom stereocenters. The number of hydrogen-bond acceptors (Lipinski definition) is 2. The number of fused-ring (bicyclic) bond motifs is 1. The maximum absolute atomic E-state index is 8.88. The molecule has 0 bridgehead atoms. The van der Waals surface area contributed by atoms with E-state index in [4.69, 9.17) is 5.02 Å². The minimum atomic E-state index is 0.806. The molecule has 0 amide bonds. The molecular formula is C9H7BNO. The van der Waals surface area contributed by atoms with Gasteiger partial charge >= 0.3 is 7.48 Å². The van der Waals surface area contributed by atoms with E-state index in [0.29, 0.717) is 0 Å². The largest absolute Gasteiger partial charge is 0.450 e. The minimum absolute atomic E-state index is 0.806. The molecule has 3 heteroatoms. The zero-order chi connectivity index (χ0) is 8.39. The Balaban J connectivity index is 2.79. The van der Waals surface area contributed by atoms with Crippen LogP contribution in [0.15, 0.2) is 36.5 Å². The molecule has 0 atom stereocenters. The molecule has 2 rings (SSSR count). The van der Waals surface area contributed by atoms with E-state index in [1.54, 1.807) is 12.3 Å². The lowest BCUT2D eigenvalue weighted by atomic mass is 9.86. The van der Waals surface area contributed by atoms with Crippen molar-refractivity contribution in [3.05, 3.63) is 36.5 Å². The average Bonchev–Trinajstić information content (AvgIpc) is 2.17. The van der Waals surface area contributed by atoms with E-state index in [1.807, 2.05) is 24.3 Å². The standard InChI is InChI=1S/C9H7BNO/c12-10-8-5-6-11-9-4-2-1-3-7(8)9/h1-6,12H. The van der Waals surface area contributed by atoms with Crippen molar-refractivity contribution in [1.29, 1.82) is 0 Å². The predicted molar refractivity (Wildman–Crippen MR) is 49.3 cm³/mol. The number of hydrogen-bond donors (Lipinski definition) is 1. The number of rotatable bonds is 1. The van der Waals surface area contributed by atoms with Gasteiger partial charge in [-0.2, -0.15) is 0 Å². The molecule has 2 aromatic rings. The van der Waals surface area contributed by atoms with Gasteiger partial charge in [0, 0.05) is 6.20 Å². The number of pyridine rings is 1. The first-order chi connectivity index (χ1) is 5.92. The van der Waals surface area contributed by atoms with Crippen LogP contribution in [0.5, 0.6) is 0 Å². The number of nitrogens with zero attached hydrogens (tertiary/aromatic N) is 1. The molecule has 57 valence electrons. The summed E-state index contributed by atoms with van der Waals surface area (Å²) in [5.41, 5.74) is 1.71. The van der Waals surface area contributed by atoms with Gasteiger partial charge in [0.2, 0.25) is 0 Å². The van der Waals surface area contributed by atoms with Crippen LogP contribution in [0.3, 0.4) is 0 Å². The number of para-hydroxylation sites is 1. The van der Waals surface area contributed by atoms with Crippen molar-refractivity contribution in [2.75, 3.05) is 0 Å². The summed E-state index contributed by atoms with van der Waals surface area (Å²) in [6, 6.07) is 9.49. The molecule has 0 spiro atoms. The van der Waals surface area contributed by atoms with Crippen LogP contribution < -0.4 is 5.46 Å². The molecule has 0 aliphatic carbocycles. The highest BCUT2D eigenvalue weighted by Crippen LogP contribution is 2.06. The van der Waals surface area contributed by atoms with Gasteiger partial charge in [0.05, 0.1) is 5.52 Å². The van der Waals surface area contributed by atoms with Crippen molar-refractivity contribution in [3.63, 3.8) is 0 Å². The second-order valence-corrected chi connectivity index (χ2v) is 2.55. The van der Waals surface area contributed by atoms with Crippen LogP contribution in [0.1, 0.15) is 0 Å². The maximum atomic E-state index is 8.88. The Morgan fingerprint density at radius 2 is 2.00 bits per heavy atom. The van der Waals surface area contributed by atoms with Gasteiger partial charge in [-0.05, 0) is 23.0 Å². The zero-order valence-electron chi connectivity index (χ0n) is 6.44. The van der Waals surface area contributed by atoms with Crippen LogP contribution in [-0.2, 0) is 0 Å². The molecule has 0 aliphatic rings. The molecule has 1 heterocycles. The fourth-order valence-electron chi connectivity index (χ4n) is 1.23. The van der Waals surface area contributed by atoms with E-state index in [0.717, 1.165) is 23.8 Å². The number of aromatic nitrogens is 1. The molecule has 0 saturated heterocycles. The minimum Gasteiger partial charge on any atom is -0.450 e. The Morgan fingerprint density at radius 3 is 2.83 bits per heavy atom. The highest BCUT2D eigenvalue weighted by Gasteiger charge is 1.99. The van der Waals surface area contributed by atoms with Crippen molar-refractivity contribution >= 4 is 23.8 Å². The Morgan fingerprint density at radius 1 is 1.17 bits per heavy atom. The molecule has 1 aromatic heterocycles. The Hall–Kier alpha value is -1.35. The smallest absolute Gasteiger partial charge is 0.327 e. The van der Waals surface area contributed by atoms with Crippen molar-refractivity contribution in [2.24, 2.45) is 0 Å². The van der Waals surface area contributed by atoms with Crippen LogP contribution in [-0.4, -0.2) is 17.5 Å². The van der Waals surface area contributed by atoms with E-state index in [-0.39, 0.29) is 0 Å². The topological polar surface area (TPSA) is 33.1 Å². The third-order valence-electron chi connectivity index (χ3n) is 1.82. The normalized spacial score (nSPS) is 10.1. The lowest BCUT2D eigenvalue weighted by Gasteiger charge is -1.99. The monoisotopic (exact) mass is 156 g/mol. The van der Waals surface area contributed by atoms with Crippen molar-refractivity contribution in [2.45, 2.75) is 0 Å². The lowest BCUT2D eigenvalue weighted by molar-refractivity contribution is 0.615. The Labute approximate surface area is 71.1 Å². The fraction of sp³-hybridized carbons (Fsp3) is 0. The van der Waals surface area contributed by atoms with E-state index < -0.39 is 0 Å². The summed E-state index contributed by atoms with van der Waals surface area (Å²) in [6.45, 7) is 0. The highest BCUT2D eigenvalue weighted by atomic mass is 16.2. The van der Waals surface area contributed by atoms with Crippen LogP contribution in [0, 0.1) is 0 Å². The molecule has 1 radical (unpaired) electrons. The maximum Gasteiger partial charge on any atom is 0.327 e. The van der Waals surface area contributed by atoms with Crippen LogP contribution in [0.2, 0.25) is 0 Å². The molecule has 1 aromatic carbocycles. The first-order valence-corrected chi connectivity index (χ1v) is 3.73. The quantitative estimate of drug-likeness (QED) is 0.608. The highest BCUT2D eigenvalue weighted by molar-refractivity contribution is 6.49. The molecule has 12 heavy (non-hydrogen) atoms. The first-order valence-electron chi connectivity index (χ1n) is 3.73. The lowest BCUT2D eigenvalue weighted by Crippen LogP contribution is -2.14. The zero-order valence-corrected chi connectivity index (χ0v) is 6.44. The fourth-order valence-corrected chi connectivity index (χ4v) is 1.23. The van der Waals surface area contributed by atoms with Gasteiger partial charge in [-0.25, -0.2) is 0 Å². The van der Waals surface area contributed by atoms with E-state index >= 15 is 0 Å². The summed E-state index contributed by atoms with van der Waals surface area (Å²) in [7, 11) is 1.10. The average molecular weight is 156 g/mol. The summed E-state index contributed by atoms with van der Waals surface area (Å²) in [5, 5.41) is 9.86.